The van der Waals surface area contributed by atoms with Gasteiger partial charge in [-0.3, -0.25) is 9.59 Å². The maximum atomic E-state index is 12.4. The van der Waals surface area contributed by atoms with Gasteiger partial charge in [0.2, 0.25) is 5.91 Å². The molecule has 116 valence electrons. The van der Waals surface area contributed by atoms with E-state index < -0.39 is 31.9 Å². The highest BCUT2D eigenvalue weighted by Crippen LogP contribution is 2.35. The number of carbonyl (C=O) groups excluding carboxylic acids is 1. The first-order chi connectivity index (χ1) is 8.98. The van der Waals surface area contributed by atoms with E-state index in [4.69, 9.17) is 0 Å². The van der Waals surface area contributed by atoms with Gasteiger partial charge in [-0.15, -0.1) is 0 Å². The second-order valence-corrected chi connectivity index (χ2v) is 8.62. The first kappa shape index (κ1) is 16.9. The lowest BCUT2D eigenvalue weighted by atomic mass is 9.77. The van der Waals surface area contributed by atoms with E-state index in [1.54, 1.807) is 6.92 Å². The van der Waals surface area contributed by atoms with Crippen LogP contribution in [0.1, 0.15) is 40.0 Å². The Morgan fingerprint density at radius 1 is 1.35 bits per heavy atom. The smallest absolute Gasteiger partial charge is 0.311 e. The average Bonchev–Trinajstić information content (AvgIpc) is 2.36. The predicted octanol–water partition coefficient (Wildman–Crippen LogP) is 0.913. The Morgan fingerprint density at radius 3 is 2.30 bits per heavy atom. The van der Waals surface area contributed by atoms with Crippen molar-refractivity contribution in [2.45, 2.75) is 44.8 Å². The van der Waals surface area contributed by atoms with Gasteiger partial charge in [-0.25, -0.2) is 8.42 Å². The largest absolute Gasteiger partial charge is 0.481 e. The van der Waals surface area contributed by atoms with Crippen LogP contribution >= 0.6 is 0 Å². The molecule has 1 unspecified atom stereocenters. The molecule has 0 aromatic carbocycles. The summed E-state index contributed by atoms with van der Waals surface area (Å²) in [5.74, 6) is -1.44. The third-order valence-electron chi connectivity index (χ3n) is 4.44. The van der Waals surface area contributed by atoms with E-state index in [0.29, 0.717) is 25.8 Å². The molecule has 1 heterocycles. The van der Waals surface area contributed by atoms with Crippen molar-refractivity contribution >= 4 is 21.7 Å². The van der Waals surface area contributed by atoms with Gasteiger partial charge in [-0.2, -0.15) is 0 Å². The first-order valence-electron chi connectivity index (χ1n) is 6.70. The lowest BCUT2D eigenvalue weighted by Gasteiger charge is -2.41. The lowest BCUT2D eigenvalue weighted by Crippen LogP contribution is -2.56. The number of sulfone groups is 1. The fourth-order valence-electron chi connectivity index (χ4n) is 2.46. The maximum Gasteiger partial charge on any atom is 0.311 e. The van der Waals surface area contributed by atoms with Gasteiger partial charge < -0.3 is 10.0 Å². The molecular formula is C13H23NO5S. The molecule has 0 bridgehead atoms. The number of carbonyl (C=O) groups is 2. The lowest BCUT2D eigenvalue weighted by molar-refractivity contribution is -0.155. The summed E-state index contributed by atoms with van der Waals surface area (Å²) in [6, 6.07) is 0. The molecule has 7 heteroatoms. The van der Waals surface area contributed by atoms with Crippen LogP contribution in [0.25, 0.3) is 0 Å². The van der Waals surface area contributed by atoms with Crippen molar-refractivity contribution < 1.29 is 23.1 Å². The van der Waals surface area contributed by atoms with Gasteiger partial charge >= 0.3 is 5.97 Å². The Balaban J connectivity index is 3.04. The minimum absolute atomic E-state index is 0.0800. The summed E-state index contributed by atoms with van der Waals surface area (Å²) in [5, 5.41) is 9.39. The van der Waals surface area contributed by atoms with E-state index in [1.807, 2.05) is 0 Å². The fourth-order valence-corrected chi connectivity index (χ4v) is 2.91. The van der Waals surface area contributed by atoms with Crippen LogP contribution in [-0.2, 0) is 19.4 Å². The van der Waals surface area contributed by atoms with Crippen molar-refractivity contribution in [1.29, 1.82) is 0 Å². The minimum Gasteiger partial charge on any atom is -0.481 e. The second-order valence-electron chi connectivity index (χ2n) is 6.05. The summed E-state index contributed by atoms with van der Waals surface area (Å²) in [5.41, 5.74) is -0.957. The van der Waals surface area contributed by atoms with Crippen LogP contribution in [0.2, 0.25) is 0 Å². The zero-order valence-corrected chi connectivity index (χ0v) is 13.3. The number of carboxylic acid groups (broad SMARTS) is 1. The predicted molar refractivity (Wildman–Crippen MR) is 75.1 cm³/mol. The first-order valence-corrected chi connectivity index (χ1v) is 8.59. The van der Waals surface area contributed by atoms with Crippen molar-refractivity contribution in [2.75, 3.05) is 19.3 Å². The number of piperidine rings is 1. The molecule has 20 heavy (non-hydrogen) atoms. The summed E-state index contributed by atoms with van der Waals surface area (Å²) >= 11 is 0. The molecule has 0 aromatic heterocycles. The van der Waals surface area contributed by atoms with Gasteiger partial charge in [0.1, 0.15) is 4.75 Å². The summed E-state index contributed by atoms with van der Waals surface area (Å²) < 4.78 is 22.0. The van der Waals surface area contributed by atoms with Crippen LogP contribution in [0, 0.1) is 5.41 Å². The normalized spacial score (nSPS) is 24.5. The number of aliphatic carboxylic acids is 1. The Kier molecular flexibility index (Phi) is 4.53. The fraction of sp³-hybridized carbons (Fsp3) is 0.846. The molecule has 1 amide bonds. The van der Waals surface area contributed by atoms with Gasteiger partial charge in [0, 0.05) is 19.3 Å². The van der Waals surface area contributed by atoms with Crippen LogP contribution in [0.5, 0.6) is 0 Å². The number of nitrogens with zero attached hydrogens (tertiary/aromatic N) is 1. The molecule has 1 rings (SSSR count). The summed E-state index contributed by atoms with van der Waals surface area (Å²) in [6.07, 6.45) is 2.54. The molecule has 0 aromatic rings. The number of rotatable bonds is 4. The molecule has 6 nitrogen and oxygen atoms in total. The van der Waals surface area contributed by atoms with Crippen molar-refractivity contribution in [2.24, 2.45) is 5.41 Å². The van der Waals surface area contributed by atoms with Crippen LogP contribution in [-0.4, -0.2) is 54.4 Å². The molecular weight excluding hydrogens is 282 g/mol. The molecule has 0 aliphatic carbocycles. The van der Waals surface area contributed by atoms with Crippen molar-refractivity contribution in [3.05, 3.63) is 0 Å². The van der Waals surface area contributed by atoms with Gasteiger partial charge in [-0.05, 0) is 33.1 Å². The highest BCUT2D eigenvalue weighted by molar-refractivity contribution is 7.92. The highest BCUT2D eigenvalue weighted by Gasteiger charge is 2.47. The molecule has 1 aliphatic heterocycles. The number of hydrogen-bond acceptors (Lipinski definition) is 4. The molecule has 1 atom stereocenters. The van der Waals surface area contributed by atoms with Gasteiger partial charge in [0.15, 0.2) is 9.84 Å². The van der Waals surface area contributed by atoms with Crippen molar-refractivity contribution in [3.63, 3.8) is 0 Å². The zero-order chi connectivity index (χ0) is 15.8. The molecule has 1 saturated heterocycles. The summed E-state index contributed by atoms with van der Waals surface area (Å²) in [7, 11) is -3.55. The second kappa shape index (κ2) is 5.35. The third kappa shape index (κ3) is 2.82. The van der Waals surface area contributed by atoms with E-state index in [2.05, 4.69) is 0 Å². The SMILES string of the molecule is CCC1(C(=O)O)CCCN(C(=O)C(C)(C)S(C)(=O)=O)C1. The summed E-state index contributed by atoms with van der Waals surface area (Å²) in [6.45, 7) is 5.01. The molecule has 0 saturated carbocycles. The number of amides is 1. The molecule has 0 radical (unpaired) electrons. The highest BCUT2D eigenvalue weighted by atomic mass is 32.2. The Bertz CT molecular complexity index is 511. The van der Waals surface area contributed by atoms with E-state index in [1.165, 1.54) is 18.7 Å². The molecule has 1 N–H and O–H groups in total. The van der Waals surface area contributed by atoms with E-state index in [0.717, 1.165) is 6.26 Å². The molecule has 0 spiro atoms. The van der Waals surface area contributed by atoms with E-state index in [9.17, 15) is 23.1 Å². The zero-order valence-electron chi connectivity index (χ0n) is 12.5. The van der Waals surface area contributed by atoms with Gasteiger partial charge in [-0.1, -0.05) is 6.92 Å². The average molecular weight is 305 g/mol. The van der Waals surface area contributed by atoms with Crippen LogP contribution in [0.15, 0.2) is 0 Å². The topological polar surface area (TPSA) is 91.8 Å². The Morgan fingerprint density at radius 2 is 1.90 bits per heavy atom. The van der Waals surface area contributed by atoms with Crippen LogP contribution in [0.3, 0.4) is 0 Å². The monoisotopic (exact) mass is 305 g/mol. The van der Waals surface area contributed by atoms with Crippen LogP contribution < -0.4 is 0 Å². The number of carboxylic acids is 1. The number of hydrogen-bond donors (Lipinski definition) is 1. The quantitative estimate of drug-likeness (QED) is 0.833. The minimum atomic E-state index is -3.55. The molecule has 1 fully saturated rings. The maximum absolute atomic E-state index is 12.4. The van der Waals surface area contributed by atoms with Crippen LogP contribution in [0.4, 0.5) is 0 Å². The van der Waals surface area contributed by atoms with Crippen molar-refractivity contribution in [1.82, 2.24) is 4.90 Å². The Hall–Kier alpha value is -1.11. The third-order valence-corrected chi connectivity index (χ3v) is 6.47. The van der Waals surface area contributed by atoms with E-state index >= 15 is 0 Å². The Labute approximate surface area is 120 Å². The van der Waals surface area contributed by atoms with Crippen molar-refractivity contribution in [3.8, 4) is 0 Å². The van der Waals surface area contributed by atoms with Gasteiger partial charge in [0.25, 0.3) is 0 Å². The standard InChI is InChI=1S/C13H23NO5S/c1-5-13(11(16)17)7-6-8-14(9-13)10(15)12(2,3)20(4,18)19/h5-9H2,1-4H3,(H,16,17). The van der Waals surface area contributed by atoms with Gasteiger partial charge in [0.05, 0.1) is 5.41 Å². The molecule has 1 aliphatic rings. The summed E-state index contributed by atoms with van der Waals surface area (Å²) in [4.78, 5) is 25.3. The number of likely N-dealkylation sites (tertiary alicyclic amines) is 1. The van der Waals surface area contributed by atoms with E-state index in [-0.39, 0.29) is 6.54 Å².